The fourth-order valence-electron chi connectivity index (χ4n) is 2.39. The summed E-state index contributed by atoms with van der Waals surface area (Å²) in [5, 5.41) is 12.9. The summed E-state index contributed by atoms with van der Waals surface area (Å²) in [5.74, 6) is -0.289. The Kier molecular flexibility index (Phi) is 7.34. The number of thiophene rings is 1. The SMILES string of the molecule is CC(=NOCC(=O)Nc1cnn(CCOCc2ccccc2)c1)c1cccs1. The molecule has 0 fully saturated rings. The molecule has 1 N–H and O–H groups in total. The third-order valence-electron chi connectivity index (χ3n) is 3.77. The van der Waals surface area contributed by atoms with Gasteiger partial charge >= 0.3 is 0 Å². The summed E-state index contributed by atoms with van der Waals surface area (Å²) in [4.78, 5) is 18.1. The molecule has 146 valence electrons. The van der Waals surface area contributed by atoms with Crippen LogP contribution in [0.5, 0.6) is 0 Å². The van der Waals surface area contributed by atoms with Crippen LogP contribution in [0.1, 0.15) is 17.4 Å². The molecule has 0 saturated carbocycles. The zero-order valence-electron chi connectivity index (χ0n) is 15.6. The highest BCUT2D eigenvalue weighted by Gasteiger charge is 2.06. The standard InChI is InChI=1S/C20H22N4O3S/c1-16(19-8-5-11-28-19)23-27-15-20(25)22-18-12-21-24(13-18)9-10-26-14-17-6-3-2-4-7-17/h2-8,11-13H,9-10,14-15H2,1H3,(H,22,25). The molecule has 0 saturated heterocycles. The average Bonchev–Trinajstić information content (AvgIpc) is 3.38. The molecule has 1 aromatic carbocycles. The predicted octanol–water partition coefficient (Wildman–Crippen LogP) is 3.54. The van der Waals surface area contributed by atoms with Crippen LogP contribution in [0.2, 0.25) is 0 Å². The van der Waals surface area contributed by atoms with E-state index in [-0.39, 0.29) is 12.5 Å². The van der Waals surface area contributed by atoms with Crippen molar-refractivity contribution < 1.29 is 14.4 Å². The molecule has 0 radical (unpaired) electrons. The molecular formula is C20H22N4O3S. The Balaban J connectivity index is 1.35. The first-order valence-corrected chi connectivity index (χ1v) is 9.73. The van der Waals surface area contributed by atoms with E-state index in [1.807, 2.05) is 54.8 Å². The van der Waals surface area contributed by atoms with Gasteiger partial charge in [0.25, 0.3) is 5.91 Å². The first-order chi connectivity index (χ1) is 13.7. The number of carbonyl (C=O) groups excluding carboxylic acids is 1. The van der Waals surface area contributed by atoms with Crippen molar-refractivity contribution in [3.8, 4) is 0 Å². The zero-order valence-corrected chi connectivity index (χ0v) is 16.4. The van der Waals surface area contributed by atoms with Crippen molar-refractivity contribution >= 4 is 28.6 Å². The van der Waals surface area contributed by atoms with Crippen molar-refractivity contribution in [2.75, 3.05) is 18.5 Å². The van der Waals surface area contributed by atoms with Gasteiger partial charge in [-0.3, -0.25) is 9.48 Å². The Bertz CT molecular complexity index is 891. The number of hydrogen-bond donors (Lipinski definition) is 1. The smallest absolute Gasteiger partial charge is 0.265 e. The zero-order chi connectivity index (χ0) is 19.6. The Morgan fingerprint density at radius 2 is 2.11 bits per heavy atom. The second-order valence-corrected chi connectivity index (χ2v) is 6.95. The molecule has 0 aliphatic heterocycles. The van der Waals surface area contributed by atoms with Gasteiger partial charge in [0.05, 0.1) is 42.2 Å². The molecule has 7 nitrogen and oxygen atoms in total. The van der Waals surface area contributed by atoms with E-state index >= 15 is 0 Å². The maximum atomic E-state index is 11.9. The van der Waals surface area contributed by atoms with E-state index < -0.39 is 0 Å². The molecule has 3 rings (SSSR count). The van der Waals surface area contributed by atoms with E-state index in [2.05, 4.69) is 15.6 Å². The highest BCUT2D eigenvalue weighted by atomic mass is 32.1. The number of aromatic nitrogens is 2. The van der Waals surface area contributed by atoms with E-state index in [0.717, 1.165) is 16.2 Å². The second kappa shape index (κ2) is 10.4. The highest BCUT2D eigenvalue weighted by Crippen LogP contribution is 2.10. The van der Waals surface area contributed by atoms with Gasteiger partial charge in [0.1, 0.15) is 0 Å². The van der Waals surface area contributed by atoms with Gasteiger partial charge in [0.2, 0.25) is 0 Å². The topological polar surface area (TPSA) is 77.7 Å². The van der Waals surface area contributed by atoms with Crippen LogP contribution in [-0.4, -0.2) is 34.6 Å². The normalized spacial score (nSPS) is 11.4. The number of oxime groups is 1. The Labute approximate surface area is 167 Å². The summed E-state index contributed by atoms with van der Waals surface area (Å²) in [6.45, 7) is 3.38. The van der Waals surface area contributed by atoms with E-state index in [1.54, 1.807) is 28.4 Å². The number of nitrogens with one attached hydrogen (secondary N) is 1. The molecule has 8 heteroatoms. The molecule has 1 amide bonds. The van der Waals surface area contributed by atoms with E-state index in [9.17, 15) is 4.79 Å². The first-order valence-electron chi connectivity index (χ1n) is 8.85. The van der Waals surface area contributed by atoms with Crippen LogP contribution < -0.4 is 5.32 Å². The molecule has 0 aliphatic rings. The Hall–Kier alpha value is -2.97. The molecule has 2 aromatic heterocycles. The van der Waals surface area contributed by atoms with E-state index in [4.69, 9.17) is 9.57 Å². The van der Waals surface area contributed by atoms with Gasteiger partial charge in [-0.15, -0.1) is 11.3 Å². The van der Waals surface area contributed by atoms with Gasteiger partial charge in [-0.1, -0.05) is 41.6 Å². The van der Waals surface area contributed by atoms with Gasteiger partial charge in [-0.25, -0.2) is 0 Å². The minimum absolute atomic E-state index is 0.159. The molecule has 0 unspecified atom stereocenters. The lowest BCUT2D eigenvalue weighted by atomic mass is 10.2. The summed E-state index contributed by atoms with van der Waals surface area (Å²) in [6, 6.07) is 13.9. The summed E-state index contributed by atoms with van der Waals surface area (Å²) in [5.41, 5.74) is 2.48. The quantitative estimate of drug-likeness (QED) is 0.322. The van der Waals surface area contributed by atoms with Crippen LogP contribution in [0, 0.1) is 0 Å². The number of ether oxygens (including phenoxy) is 1. The van der Waals surface area contributed by atoms with Crippen LogP contribution in [-0.2, 0) is 27.5 Å². The monoisotopic (exact) mass is 398 g/mol. The lowest BCUT2D eigenvalue weighted by molar-refractivity contribution is -0.120. The Morgan fingerprint density at radius 3 is 2.89 bits per heavy atom. The fraction of sp³-hybridized carbons (Fsp3) is 0.250. The summed E-state index contributed by atoms with van der Waals surface area (Å²) < 4.78 is 7.36. The molecule has 0 aliphatic carbocycles. The predicted molar refractivity (Wildman–Crippen MR) is 109 cm³/mol. The minimum atomic E-state index is -0.289. The van der Waals surface area contributed by atoms with Crippen LogP contribution in [0.15, 0.2) is 65.4 Å². The molecule has 3 aromatic rings. The van der Waals surface area contributed by atoms with Crippen LogP contribution >= 0.6 is 11.3 Å². The number of amides is 1. The second-order valence-electron chi connectivity index (χ2n) is 6.01. The largest absolute Gasteiger partial charge is 0.385 e. The maximum Gasteiger partial charge on any atom is 0.265 e. The third-order valence-corrected chi connectivity index (χ3v) is 4.75. The van der Waals surface area contributed by atoms with Gasteiger partial charge in [0.15, 0.2) is 6.61 Å². The minimum Gasteiger partial charge on any atom is -0.385 e. The van der Waals surface area contributed by atoms with Crippen LogP contribution in [0.25, 0.3) is 0 Å². The van der Waals surface area contributed by atoms with Crippen molar-refractivity contribution in [1.82, 2.24) is 9.78 Å². The van der Waals surface area contributed by atoms with Crippen molar-refractivity contribution in [3.63, 3.8) is 0 Å². The lowest BCUT2D eigenvalue weighted by Crippen LogP contribution is -2.17. The number of hydrogen-bond acceptors (Lipinski definition) is 6. The molecule has 0 spiro atoms. The molecule has 0 atom stereocenters. The molecular weight excluding hydrogens is 376 g/mol. The van der Waals surface area contributed by atoms with Gasteiger partial charge in [-0.2, -0.15) is 5.10 Å². The number of benzene rings is 1. The number of carbonyl (C=O) groups is 1. The first kappa shape index (κ1) is 19.8. The molecule has 0 bridgehead atoms. The van der Waals surface area contributed by atoms with Crippen molar-refractivity contribution in [1.29, 1.82) is 0 Å². The lowest BCUT2D eigenvalue weighted by Gasteiger charge is -2.04. The van der Waals surface area contributed by atoms with Gasteiger partial charge in [0, 0.05) is 6.20 Å². The summed E-state index contributed by atoms with van der Waals surface area (Å²) in [6.07, 6.45) is 3.35. The average molecular weight is 398 g/mol. The molecule has 2 heterocycles. The van der Waals surface area contributed by atoms with Crippen LogP contribution in [0.4, 0.5) is 5.69 Å². The van der Waals surface area contributed by atoms with E-state index in [1.165, 1.54) is 0 Å². The summed E-state index contributed by atoms with van der Waals surface area (Å²) >= 11 is 1.57. The maximum absolute atomic E-state index is 11.9. The highest BCUT2D eigenvalue weighted by molar-refractivity contribution is 7.12. The van der Waals surface area contributed by atoms with Crippen molar-refractivity contribution in [2.24, 2.45) is 5.16 Å². The third kappa shape index (κ3) is 6.33. The number of rotatable bonds is 10. The van der Waals surface area contributed by atoms with E-state index in [0.29, 0.717) is 25.4 Å². The number of anilines is 1. The number of nitrogens with zero attached hydrogens (tertiary/aromatic N) is 3. The van der Waals surface area contributed by atoms with Gasteiger partial charge in [-0.05, 0) is 23.9 Å². The Morgan fingerprint density at radius 1 is 1.25 bits per heavy atom. The van der Waals surface area contributed by atoms with Crippen LogP contribution in [0.3, 0.4) is 0 Å². The summed E-state index contributed by atoms with van der Waals surface area (Å²) in [7, 11) is 0. The van der Waals surface area contributed by atoms with Crippen molar-refractivity contribution in [3.05, 3.63) is 70.7 Å². The van der Waals surface area contributed by atoms with Crippen molar-refractivity contribution in [2.45, 2.75) is 20.1 Å². The molecule has 28 heavy (non-hydrogen) atoms. The van der Waals surface area contributed by atoms with Gasteiger partial charge < -0.3 is 14.9 Å². The fourth-order valence-corrected chi connectivity index (χ4v) is 3.06.